The van der Waals surface area contributed by atoms with Crippen molar-refractivity contribution in [3.63, 3.8) is 0 Å². The molecule has 0 bridgehead atoms. The number of carbonyl (C=O) groups is 1. The summed E-state index contributed by atoms with van der Waals surface area (Å²) in [6.45, 7) is 4.33. The van der Waals surface area contributed by atoms with Crippen molar-refractivity contribution >= 4 is 28.6 Å². The van der Waals surface area contributed by atoms with E-state index >= 15 is 0 Å². The van der Waals surface area contributed by atoms with E-state index in [1.807, 2.05) is 37.4 Å². The van der Waals surface area contributed by atoms with E-state index in [-0.39, 0.29) is 5.91 Å². The zero-order valence-electron chi connectivity index (χ0n) is 12.9. The van der Waals surface area contributed by atoms with Crippen molar-refractivity contribution in [3.8, 4) is 11.4 Å². The Bertz CT molecular complexity index is 811. The largest absolute Gasteiger partial charge is 0.351 e. The van der Waals surface area contributed by atoms with Crippen molar-refractivity contribution in [3.05, 3.63) is 50.4 Å². The number of aromatic nitrogens is 3. The molecule has 3 aromatic rings. The lowest BCUT2D eigenvalue weighted by Gasteiger charge is -2.02. The summed E-state index contributed by atoms with van der Waals surface area (Å²) >= 11 is 3.01. The lowest BCUT2D eigenvalue weighted by atomic mass is 10.3. The first-order valence-corrected chi connectivity index (χ1v) is 8.91. The number of nitrogens with zero attached hydrogens (tertiary/aromatic N) is 3. The summed E-state index contributed by atoms with van der Waals surface area (Å²) in [6.07, 6.45) is 2.47. The van der Waals surface area contributed by atoms with Crippen molar-refractivity contribution in [1.82, 2.24) is 20.3 Å². The molecule has 7 heteroatoms. The zero-order chi connectivity index (χ0) is 16.2. The first-order valence-electron chi connectivity index (χ1n) is 7.21. The summed E-state index contributed by atoms with van der Waals surface area (Å²) in [5, 5.41) is 6.83. The summed E-state index contributed by atoms with van der Waals surface area (Å²) in [7, 11) is 0. The van der Waals surface area contributed by atoms with Crippen LogP contribution < -0.4 is 5.32 Å². The second kappa shape index (κ2) is 6.97. The fourth-order valence-corrected chi connectivity index (χ4v) is 3.79. The van der Waals surface area contributed by atoms with Gasteiger partial charge in [-0.25, -0.2) is 9.97 Å². The van der Waals surface area contributed by atoms with E-state index in [4.69, 9.17) is 0 Å². The Morgan fingerprint density at radius 1 is 1.22 bits per heavy atom. The third kappa shape index (κ3) is 3.80. The molecule has 0 saturated carbocycles. The molecule has 0 aliphatic heterocycles. The number of rotatable bonds is 5. The molecule has 0 saturated heterocycles. The molecule has 0 radical (unpaired) electrons. The molecular weight excluding hydrogens is 328 g/mol. The van der Waals surface area contributed by atoms with Crippen LogP contribution in [0.1, 0.15) is 25.4 Å². The number of pyridine rings is 1. The van der Waals surface area contributed by atoms with Crippen LogP contribution in [-0.2, 0) is 6.42 Å². The SMILES string of the molecule is Cc1nc(C)c(C(=O)NCCc2nc(-c3ccccn3)cs2)s1. The van der Waals surface area contributed by atoms with E-state index in [1.165, 1.54) is 11.3 Å². The molecule has 0 aliphatic rings. The summed E-state index contributed by atoms with van der Waals surface area (Å²) in [5.41, 5.74) is 2.54. The number of amides is 1. The van der Waals surface area contributed by atoms with Crippen LogP contribution in [0.4, 0.5) is 0 Å². The Labute approximate surface area is 142 Å². The lowest BCUT2D eigenvalue weighted by molar-refractivity contribution is 0.0957. The maximum atomic E-state index is 12.1. The number of aryl methyl sites for hydroxylation is 2. The zero-order valence-corrected chi connectivity index (χ0v) is 14.5. The third-order valence-electron chi connectivity index (χ3n) is 3.21. The minimum atomic E-state index is -0.0606. The third-order valence-corrected chi connectivity index (χ3v) is 5.19. The minimum absolute atomic E-state index is 0.0606. The molecule has 0 fully saturated rings. The molecule has 3 rings (SSSR count). The van der Waals surface area contributed by atoms with Gasteiger partial charge in [0.1, 0.15) is 4.88 Å². The van der Waals surface area contributed by atoms with Gasteiger partial charge in [-0.05, 0) is 26.0 Å². The van der Waals surface area contributed by atoms with Gasteiger partial charge in [0.25, 0.3) is 5.91 Å². The van der Waals surface area contributed by atoms with Crippen molar-refractivity contribution in [2.45, 2.75) is 20.3 Å². The van der Waals surface area contributed by atoms with Gasteiger partial charge in [-0.15, -0.1) is 22.7 Å². The predicted molar refractivity (Wildman–Crippen MR) is 93.0 cm³/mol. The van der Waals surface area contributed by atoms with Gasteiger partial charge in [0.2, 0.25) is 0 Å². The van der Waals surface area contributed by atoms with Crippen molar-refractivity contribution in [2.75, 3.05) is 6.54 Å². The Morgan fingerprint density at radius 2 is 2.09 bits per heavy atom. The molecule has 0 aromatic carbocycles. The summed E-state index contributed by atoms with van der Waals surface area (Å²) in [6, 6.07) is 5.77. The summed E-state index contributed by atoms with van der Waals surface area (Å²) < 4.78 is 0. The van der Waals surface area contributed by atoms with Gasteiger partial charge < -0.3 is 5.32 Å². The monoisotopic (exact) mass is 344 g/mol. The van der Waals surface area contributed by atoms with E-state index in [0.29, 0.717) is 17.8 Å². The molecule has 1 N–H and O–H groups in total. The Morgan fingerprint density at radius 3 is 2.78 bits per heavy atom. The highest BCUT2D eigenvalue weighted by molar-refractivity contribution is 7.13. The average molecular weight is 344 g/mol. The van der Waals surface area contributed by atoms with Crippen LogP contribution in [-0.4, -0.2) is 27.4 Å². The van der Waals surface area contributed by atoms with Gasteiger partial charge in [-0.3, -0.25) is 9.78 Å². The van der Waals surface area contributed by atoms with Gasteiger partial charge in [0, 0.05) is 24.5 Å². The van der Waals surface area contributed by atoms with Gasteiger partial charge in [0.05, 0.1) is 27.1 Å². The Balaban J connectivity index is 1.56. The van der Waals surface area contributed by atoms with Gasteiger partial charge in [-0.2, -0.15) is 0 Å². The Kier molecular flexibility index (Phi) is 4.78. The molecule has 1 amide bonds. The predicted octanol–water partition coefficient (Wildman–Crippen LogP) is 3.25. The second-order valence-corrected chi connectivity index (χ2v) is 7.14. The van der Waals surface area contributed by atoms with Crippen LogP contribution in [0, 0.1) is 13.8 Å². The molecule has 0 unspecified atom stereocenters. The first kappa shape index (κ1) is 15.8. The molecule has 0 aliphatic carbocycles. The molecule has 0 spiro atoms. The summed E-state index contributed by atoms with van der Waals surface area (Å²) in [4.78, 5) is 26.0. The van der Waals surface area contributed by atoms with Gasteiger partial charge in [0.15, 0.2) is 0 Å². The fraction of sp³-hybridized carbons (Fsp3) is 0.250. The molecule has 3 aromatic heterocycles. The second-order valence-electron chi connectivity index (χ2n) is 4.99. The molecular formula is C16H16N4OS2. The van der Waals surface area contributed by atoms with Crippen LogP contribution in [0.3, 0.4) is 0 Å². The van der Waals surface area contributed by atoms with Crippen molar-refractivity contribution in [2.24, 2.45) is 0 Å². The molecule has 23 heavy (non-hydrogen) atoms. The van der Waals surface area contributed by atoms with Crippen LogP contribution in [0.25, 0.3) is 11.4 Å². The highest BCUT2D eigenvalue weighted by atomic mass is 32.1. The number of hydrogen-bond donors (Lipinski definition) is 1. The number of thiazole rings is 2. The topological polar surface area (TPSA) is 67.8 Å². The van der Waals surface area contributed by atoms with Crippen molar-refractivity contribution < 1.29 is 4.79 Å². The fourth-order valence-electron chi connectivity index (χ4n) is 2.16. The van der Waals surface area contributed by atoms with Crippen molar-refractivity contribution in [1.29, 1.82) is 0 Å². The van der Waals surface area contributed by atoms with Crippen LogP contribution in [0.5, 0.6) is 0 Å². The lowest BCUT2D eigenvalue weighted by Crippen LogP contribution is -2.25. The molecule has 5 nitrogen and oxygen atoms in total. The normalized spacial score (nSPS) is 10.7. The molecule has 0 atom stereocenters. The van der Waals surface area contributed by atoms with Crippen LogP contribution in [0.2, 0.25) is 0 Å². The number of nitrogens with one attached hydrogen (secondary N) is 1. The highest BCUT2D eigenvalue weighted by Crippen LogP contribution is 2.20. The Hall–Kier alpha value is -2.12. The van der Waals surface area contributed by atoms with Crippen LogP contribution >= 0.6 is 22.7 Å². The average Bonchev–Trinajstić information content (AvgIpc) is 3.14. The van der Waals surface area contributed by atoms with E-state index in [1.54, 1.807) is 17.5 Å². The molecule has 118 valence electrons. The van der Waals surface area contributed by atoms with Crippen LogP contribution in [0.15, 0.2) is 29.8 Å². The summed E-state index contributed by atoms with van der Waals surface area (Å²) in [5.74, 6) is -0.0606. The van der Waals surface area contributed by atoms with Gasteiger partial charge >= 0.3 is 0 Å². The highest BCUT2D eigenvalue weighted by Gasteiger charge is 2.13. The standard InChI is InChI=1S/C16H16N4OS2/c1-10-15(23-11(2)19-10)16(21)18-8-6-14-20-13(9-22-14)12-5-3-4-7-17-12/h3-5,7,9H,6,8H2,1-2H3,(H,18,21). The smallest absolute Gasteiger partial charge is 0.263 e. The first-order chi connectivity index (χ1) is 11.1. The quantitative estimate of drug-likeness (QED) is 0.771. The number of carbonyl (C=O) groups excluding carboxylic acids is 1. The number of hydrogen-bond acceptors (Lipinski definition) is 6. The van der Waals surface area contributed by atoms with E-state index in [2.05, 4.69) is 20.3 Å². The minimum Gasteiger partial charge on any atom is -0.351 e. The maximum Gasteiger partial charge on any atom is 0.263 e. The van der Waals surface area contributed by atoms with E-state index in [0.717, 1.165) is 27.1 Å². The van der Waals surface area contributed by atoms with E-state index in [9.17, 15) is 4.79 Å². The van der Waals surface area contributed by atoms with Gasteiger partial charge in [-0.1, -0.05) is 6.07 Å². The molecule has 3 heterocycles. The van der Waals surface area contributed by atoms with E-state index < -0.39 is 0 Å². The maximum absolute atomic E-state index is 12.1.